The number of non-ortho nitro benzene ring substituents is 1. The first kappa shape index (κ1) is 15.8. The van der Waals surface area contributed by atoms with Crippen molar-refractivity contribution in [2.24, 2.45) is 5.73 Å². The van der Waals surface area contributed by atoms with Crippen LogP contribution in [-0.2, 0) is 4.79 Å². The Kier molecular flexibility index (Phi) is 4.98. The third kappa shape index (κ3) is 3.64. The Hall–Kier alpha value is -2.22. The smallest absolute Gasteiger partial charge is 0.272 e. The van der Waals surface area contributed by atoms with Crippen LogP contribution in [0.1, 0.15) is 13.3 Å². The average molecular weight is 285 g/mol. The molecule has 0 aliphatic carbocycles. The number of hydrogen-bond acceptors (Lipinski definition) is 5. The summed E-state index contributed by atoms with van der Waals surface area (Å²) in [5, 5.41) is 13.2. The summed E-state index contributed by atoms with van der Waals surface area (Å²) in [5.74, 6) is -1.49. The van der Waals surface area contributed by atoms with E-state index in [1.54, 1.807) is 14.0 Å². The Balaban J connectivity index is 2.67. The fourth-order valence-electron chi connectivity index (χ4n) is 1.46. The number of carbonyl (C=O) groups is 1. The van der Waals surface area contributed by atoms with E-state index in [0.717, 1.165) is 12.1 Å². The van der Waals surface area contributed by atoms with Crippen LogP contribution < -0.4 is 15.8 Å². The molecule has 0 heterocycles. The summed E-state index contributed by atoms with van der Waals surface area (Å²) in [4.78, 5) is 21.0. The highest BCUT2D eigenvalue weighted by molar-refractivity contribution is 5.84. The van der Waals surface area contributed by atoms with Crippen molar-refractivity contribution in [2.75, 3.05) is 13.7 Å². The molecule has 0 radical (unpaired) electrons. The standard InChI is InChI=1S/C12H16FN3O4/c1-12(15-2,11(14)17)5-6-20-10-4-3-8(16(18)19)7-9(10)13/h3-4,7,15H,5-6H2,1-2H3,(H2,14,17). The molecule has 0 aromatic heterocycles. The monoisotopic (exact) mass is 285 g/mol. The van der Waals surface area contributed by atoms with E-state index in [1.807, 2.05) is 0 Å². The van der Waals surface area contributed by atoms with Crippen LogP contribution in [0, 0.1) is 15.9 Å². The van der Waals surface area contributed by atoms with Crippen molar-refractivity contribution in [2.45, 2.75) is 18.9 Å². The van der Waals surface area contributed by atoms with Gasteiger partial charge in [-0.1, -0.05) is 0 Å². The van der Waals surface area contributed by atoms with E-state index in [-0.39, 0.29) is 24.5 Å². The minimum Gasteiger partial charge on any atom is -0.490 e. The van der Waals surface area contributed by atoms with Crippen molar-refractivity contribution in [3.05, 3.63) is 34.1 Å². The van der Waals surface area contributed by atoms with Gasteiger partial charge in [-0.3, -0.25) is 14.9 Å². The number of benzene rings is 1. The van der Waals surface area contributed by atoms with Crippen LogP contribution in [0.15, 0.2) is 18.2 Å². The molecule has 1 amide bonds. The molecule has 1 unspecified atom stereocenters. The van der Waals surface area contributed by atoms with Crippen molar-refractivity contribution in [3.8, 4) is 5.75 Å². The number of nitrogens with two attached hydrogens (primary N) is 1. The number of ether oxygens (including phenoxy) is 1. The molecule has 1 rings (SSSR count). The van der Waals surface area contributed by atoms with Gasteiger partial charge in [0, 0.05) is 12.5 Å². The van der Waals surface area contributed by atoms with Gasteiger partial charge in [-0.25, -0.2) is 4.39 Å². The summed E-state index contributed by atoms with van der Waals surface area (Å²) in [5.41, 5.74) is 3.92. The molecular weight excluding hydrogens is 269 g/mol. The van der Waals surface area contributed by atoms with Crippen LogP contribution in [-0.4, -0.2) is 30.0 Å². The third-order valence-electron chi connectivity index (χ3n) is 3.08. The molecule has 0 saturated heterocycles. The number of likely N-dealkylation sites (N-methyl/N-ethyl adjacent to an activating group) is 1. The van der Waals surface area contributed by atoms with Gasteiger partial charge in [-0.2, -0.15) is 0 Å². The van der Waals surface area contributed by atoms with Crippen LogP contribution in [0.4, 0.5) is 10.1 Å². The SMILES string of the molecule is CNC(C)(CCOc1ccc([N+](=O)[O-])cc1F)C(N)=O. The highest BCUT2D eigenvalue weighted by Gasteiger charge is 2.28. The summed E-state index contributed by atoms with van der Waals surface area (Å²) >= 11 is 0. The second kappa shape index (κ2) is 6.29. The van der Waals surface area contributed by atoms with Crippen molar-refractivity contribution >= 4 is 11.6 Å². The molecule has 20 heavy (non-hydrogen) atoms. The lowest BCUT2D eigenvalue weighted by Crippen LogP contribution is -2.52. The van der Waals surface area contributed by atoms with Gasteiger partial charge < -0.3 is 15.8 Å². The minimum atomic E-state index is -0.961. The number of amides is 1. The number of rotatable bonds is 7. The van der Waals surface area contributed by atoms with E-state index in [9.17, 15) is 19.3 Å². The number of nitrogens with one attached hydrogen (secondary N) is 1. The number of primary amides is 1. The fraction of sp³-hybridized carbons (Fsp3) is 0.417. The number of halogens is 1. The Labute approximate surface area is 115 Å². The summed E-state index contributed by atoms with van der Waals surface area (Å²) in [6.45, 7) is 1.64. The van der Waals surface area contributed by atoms with Crippen molar-refractivity contribution in [1.29, 1.82) is 0 Å². The van der Waals surface area contributed by atoms with Crippen molar-refractivity contribution < 1.29 is 18.8 Å². The molecule has 110 valence electrons. The van der Waals surface area contributed by atoms with Gasteiger partial charge in [-0.15, -0.1) is 0 Å². The second-order valence-corrected chi connectivity index (χ2v) is 4.42. The van der Waals surface area contributed by atoms with Crippen LogP contribution in [0.5, 0.6) is 5.75 Å². The highest BCUT2D eigenvalue weighted by atomic mass is 19.1. The van der Waals surface area contributed by atoms with E-state index in [4.69, 9.17) is 10.5 Å². The largest absolute Gasteiger partial charge is 0.490 e. The molecule has 0 aliphatic heterocycles. The minimum absolute atomic E-state index is 0.0367. The van der Waals surface area contributed by atoms with Crippen LogP contribution in [0.25, 0.3) is 0 Å². The van der Waals surface area contributed by atoms with Gasteiger partial charge in [0.15, 0.2) is 11.6 Å². The maximum atomic E-state index is 13.5. The van der Waals surface area contributed by atoms with Gasteiger partial charge in [0.1, 0.15) is 0 Å². The molecule has 1 aromatic carbocycles. The number of hydrogen-bond donors (Lipinski definition) is 2. The Morgan fingerprint density at radius 3 is 2.70 bits per heavy atom. The summed E-state index contributed by atoms with van der Waals surface area (Å²) in [7, 11) is 1.58. The van der Waals surface area contributed by atoms with E-state index in [2.05, 4.69) is 5.32 Å². The Morgan fingerprint density at radius 1 is 1.60 bits per heavy atom. The Bertz CT molecular complexity index is 523. The normalized spacial score (nSPS) is 13.6. The molecule has 7 nitrogen and oxygen atoms in total. The summed E-state index contributed by atoms with van der Waals surface area (Å²) in [6, 6.07) is 3.10. The van der Waals surface area contributed by atoms with Crippen LogP contribution in [0.2, 0.25) is 0 Å². The molecule has 3 N–H and O–H groups in total. The molecule has 0 saturated carbocycles. The number of carbonyl (C=O) groups excluding carboxylic acids is 1. The number of nitrogens with zero attached hydrogens (tertiary/aromatic N) is 1. The average Bonchev–Trinajstić information content (AvgIpc) is 2.39. The predicted molar refractivity (Wildman–Crippen MR) is 69.8 cm³/mol. The lowest BCUT2D eigenvalue weighted by atomic mass is 9.98. The number of nitro benzene ring substituents is 1. The van der Waals surface area contributed by atoms with Gasteiger partial charge in [0.25, 0.3) is 5.69 Å². The molecule has 8 heteroatoms. The molecule has 0 aliphatic rings. The summed E-state index contributed by atoms with van der Waals surface area (Å²) < 4.78 is 18.7. The molecule has 1 aromatic rings. The first-order valence-corrected chi connectivity index (χ1v) is 5.85. The van der Waals surface area contributed by atoms with Crippen LogP contribution >= 0.6 is 0 Å². The van der Waals surface area contributed by atoms with Gasteiger partial charge in [0.05, 0.1) is 23.1 Å². The summed E-state index contributed by atoms with van der Waals surface area (Å²) in [6.07, 6.45) is 0.231. The zero-order chi connectivity index (χ0) is 15.3. The van der Waals surface area contributed by atoms with Crippen molar-refractivity contribution in [1.82, 2.24) is 5.32 Å². The maximum Gasteiger partial charge on any atom is 0.272 e. The molecule has 1 atom stereocenters. The van der Waals surface area contributed by atoms with Gasteiger partial charge in [0.2, 0.25) is 5.91 Å². The Morgan fingerprint density at radius 2 is 2.25 bits per heavy atom. The zero-order valence-corrected chi connectivity index (χ0v) is 11.2. The van der Waals surface area contributed by atoms with E-state index in [1.165, 1.54) is 6.07 Å². The van der Waals surface area contributed by atoms with E-state index in [0.29, 0.717) is 0 Å². The van der Waals surface area contributed by atoms with E-state index >= 15 is 0 Å². The van der Waals surface area contributed by atoms with Crippen LogP contribution in [0.3, 0.4) is 0 Å². The molecule has 0 fully saturated rings. The molecule has 0 bridgehead atoms. The predicted octanol–water partition coefficient (Wildman–Crippen LogP) is 0.966. The first-order chi connectivity index (χ1) is 9.30. The second-order valence-electron chi connectivity index (χ2n) is 4.42. The van der Waals surface area contributed by atoms with E-state index < -0.39 is 22.2 Å². The van der Waals surface area contributed by atoms with Crippen molar-refractivity contribution in [3.63, 3.8) is 0 Å². The third-order valence-corrected chi connectivity index (χ3v) is 3.08. The number of nitro groups is 1. The lowest BCUT2D eigenvalue weighted by Gasteiger charge is -2.25. The fourth-order valence-corrected chi connectivity index (χ4v) is 1.46. The lowest BCUT2D eigenvalue weighted by molar-refractivity contribution is -0.385. The first-order valence-electron chi connectivity index (χ1n) is 5.85. The zero-order valence-electron chi connectivity index (χ0n) is 11.2. The highest BCUT2D eigenvalue weighted by Crippen LogP contribution is 2.23. The maximum absolute atomic E-state index is 13.5. The van der Waals surface area contributed by atoms with Gasteiger partial charge in [-0.05, 0) is 20.0 Å². The molecule has 0 spiro atoms. The topological polar surface area (TPSA) is 107 Å². The van der Waals surface area contributed by atoms with Gasteiger partial charge >= 0.3 is 0 Å². The molecular formula is C12H16FN3O4. The quantitative estimate of drug-likeness (QED) is 0.573.